The van der Waals surface area contributed by atoms with E-state index in [2.05, 4.69) is 10.2 Å². The van der Waals surface area contributed by atoms with Crippen LogP contribution in [0, 0.1) is 10.1 Å². The highest BCUT2D eigenvalue weighted by Crippen LogP contribution is 2.29. The van der Waals surface area contributed by atoms with E-state index in [1.165, 1.54) is 12.1 Å². The summed E-state index contributed by atoms with van der Waals surface area (Å²) in [5.74, 6) is 1.27. The predicted molar refractivity (Wildman–Crippen MR) is 119 cm³/mol. The zero-order valence-corrected chi connectivity index (χ0v) is 16.8. The van der Waals surface area contributed by atoms with Gasteiger partial charge in [-0.15, -0.1) is 0 Å². The van der Waals surface area contributed by atoms with Gasteiger partial charge in [-0.3, -0.25) is 10.1 Å². The van der Waals surface area contributed by atoms with E-state index >= 15 is 0 Å². The molecule has 0 saturated carbocycles. The molecule has 1 N–H and O–H groups in total. The number of carbonyl (C=O) groups excluding carboxylic acids is 1. The van der Waals surface area contributed by atoms with Crippen LogP contribution in [0.3, 0.4) is 0 Å². The van der Waals surface area contributed by atoms with Crippen molar-refractivity contribution >= 4 is 23.1 Å². The second kappa shape index (κ2) is 9.17. The minimum atomic E-state index is -0.411. The van der Waals surface area contributed by atoms with Crippen molar-refractivity contribution in [2.24, 2.45) is 0 Å². The van der Waals surface area contributed by atoms with Crippen LogP contribution in [-0.4, -0.2) is 42.0 Å². The smallest absolute Gasteiger partial charge is 0.322 e. The number of piperazine rings is 1. The summed E-state index contributed by atoms with van der Waals surface area (Å²) >= 11 is 0. The van der Waals surface area contributed by atoms with Crippen LogP contribution in [0.25, 0.3) is 0 Å². The lowest BCUT2D eigenvalue weighted by Gasteiger charge is -2.36. The number of benzene rings is 3. The molecule has 31 heavy (non-hydrogen) atoms. The van der Waals surface area contributed by atoms with Crippen LogP contribution in [0.15, 0.2) is 78.9 Å². The van der Waals surface area contributed by atoms with Crippen molar-refractivity contribution in [1.82, 2.24) is 4.90 Å². The summed E-state index contributed by atoms with van der Waals surface area (Å²) in [6.07, 6.45) is 0. The average molecular weight is 418 g/mol. The molecule has 158 valence electrons. The van der Waals surface area contributed by atoms with Gasteiger partial charge in [0.1, 0.15) is 5.75 Å². The summed E-state index contributed by atoms with van der Waals surface area (Å²) in [5, 5.41) is 13.8. The summed E-state index contributed by atoms with van der Waals surface area (Å²) in [6, 6.07) is 23.0. The molecule has 4 rings (SSSR count). The van der Waals surface area contributed by atoms with Gasteiger partial charge in [-0.05, 0) is 36.4 Å². The number of anilines is 2. The van der Waals surface area contributed by atoms with Crippen molar-refractivity contribution in [1.29, 1.82) is 0 Å². The Labute approximate surface area is 179 Å². The monoisotopic (exact) mass is 418 g/mol. The minimum Gasteiger partial charge on any atom is -0.455 e. The standard InChI is InChI=1S/C23H22N4O4/c28-23(24-21-8-4-5-9-22(21)31-20-6-2-1-3-7-20)26-16-14-25(15-17-26)18-10-12-19(13-11-18)27(29)30/h1-13H,14-17H2,(H,24,28). The Hall–Kier alpha value is -4.07. The maximum atomic E-state index is 12.8. The second-order valence-electron chi connectivity index (χ2n) is 7.09. The fraction of sp³-hybridized carbons (Fsp3) is 0.174. The number of ether oxygens (including phenoxy) is 1. The molecule has 8 heteroatoms. The molecule has 1 heterocycles. The summed E-state index contributed by atoms with van der Waals surface area (Å²) in [7, 11) is 0. The molecule has 0 aromatic heterocycles. The summed E-state index contributed by atoms with van der Waals surface area (Å²) in [4.78, 5) is 27.1. The maximum Gasteiger partial charge on any atom is 0.322 e. The second-order valence-corrected chi connectivity index (χ2v) is 7.09. The van der Waals surface area contributed by atoms with Crippen LogP contribution < -0.4 is 15.0 Å². The molecule has 3 aromatic carbocycles. The molecule has 8 nitrogen and oxygen atoms in total. The SMILES string of the molecule is O=C(Nc1ccccc1Oc1ccccc1)N1CCN(c2ccc([N+](=O)[O-])cc2)CC1. The van der Waals surface area contributed by atoms with E-state index < -0.39 is 4.92 Å². The Balaban J connectivity index is 1.36. The van der Waals surface area contributed by atoms with E-state index in [1.54, 1.807) is 17.0 Å². The van der Waals surface area contributed by atoms with Crippen LogP contribution in [0.1, 0.15) is 0 Å². The van der Waals surface area contributed by atoms with Crippen LogP contribution in [-0.2, 0) is 0 Å². The first-order valence-corrected chi connectivity index (χ1v) is 9.97. The van der Waals surface area contributed by atoms with Gasteiger partial charge < -0.3 is 19.9 Å². The van der Waals surface area contributed by atoms with Crippen molar-refractivity contribution in [2.45, 2.75) is 0 Å². The van der Waals surface area contributed by atoms with Crippen molar-refractivity contribution in [3.63, 3.8) is 0 Å². The normalized spacial score (nSPS) is 13.5. The Morgan fingerprint density at radius 3 is 2.19 bits per heavy atom. The molecule has 0 atom stereocenters. The van der Waals surface area contributed by atoms with E-state index in [9.17, 15) is 14.9 Å². The van der Waals surface area contributed by atoms with Crippen LogP contribution in [0.5, 0.6) is 11.5 Å². The molecule has 1 aliphatic rings. The average Bonchev–Trinajstić information content (AvgIpc) is 2.81. The number of nitro benzene ring substituents is 1. The lowest BCUT2D eigenvalue weighted by molar-refractivity contribution is -0.384. The predicted octanol–water partition coefficient (Wildman–Crippen LogP) is 4.74. The Morgan fingerprint density at radius 2 is 1.52 bits per heavy atom. The van der Waals surface area contributed by atoms with Gasteiger partial charge in [0.15, 0.2) is 5.75 Å². The first-order valence-electron chi connectivity index (χ1n) is 9.97. The Bertz CT molecular complexity index is 1050. The highest BCUT2D eigenvalue weighted by molar-refractivity contribution is 5.91. The molecule has 1 saturated heterocycles. The molecular weight excluding hydrogens is 396 g/mol. The lowest BCUT2D eigenvalue weighted by atomic mass is 10.2. The third-order valence-corrected chi connectivity index (χ3v) is 5.09. The van der Waals surface area contributed by atoms with Gasteiger partial charge in [0, 0.05) is 44.0 Å². The number of hydrogen-bond donors (Lipinski definition) is 1. The van der Waals surface area contributed by atoms with E-state index in [-0.39, 0.29) is 11.7 Å². The molecule has 3 aromatic rings. The molecular formula is C23H22N4O4. The number of para-hydroxylation sites is 3. The number of nitrogens with one attached hydrogen (secondary N) is 1. The molecule has 0 spiro atoms. The zero-order chi connectivity index (χ0) is 21.6. The van der Waals surface area contributed by atoms with Crippen LogP contribution in [0.2, 0.25) is 0 Å². The summed E-state index contributed by atoms with van der Waals surface area (Å²) < 4.78 is 5.91. The zero-order valence-electron chi connectivity index (χ0n) is 16.8. The number of nitrogens with zero attached hydrogens (tertiary/aromatic N) is 3. The lowest BCUT2D eigenvalue weighted by Crippen LogP contribution is -2.50. The quantitative estimate of drug-likeness (QED) is 0.478. The molecule has 0 unspecified atom stereocenters. The summed E-state index contributed by atoms with van der Waals surface area (Å²) in [5.41, 5.74) is 1.58. The number of rotatable bonds is 5. The van der Waals surface area contributed by atoms with E-state index in [4.69, 9.17) is 4.74 Å². The maximum absolute atomic E-state index is 12.8. The van der Waals surface area contributed by atoms with Gasteiger partial charge in [0.25, 0.3) is 5.69 Å². The number of nitro groups is 1. The number of urea groups is 1. The van der Waals surface area contributed by atoms with E-state index in [0.717, 1.165) is 5.69 Å². The number of non-ortho nitro benzene ring substituents is 1. The third-order valence-electron chi connectivity index (χ3n) is 5.09. The van der Waals surface area contributed by atoms with Gasteiger partial charge in [-0.2, -0.15) is 0 Å². The van der Waals surface area contributed by atoms with Crippen LogP contribution in [0.4, 0.5) is 21.9 Å². The van der Waals surface area contributed by atoms with Crippen molar-refractivity contribution < 1.29 is 14.5 Å². The molecule has 1 aliphatic heterocycles. The first kappa shape index (κ1) is 20.2. The van der Waals surface area contributed by atoms with Gasteiger partial charge in [-0.25, -0.2) is 4.79 Å². The summed E-state index contributed by atoms with van der Waals surface area (Å²) in [6.45, 7) is 2.38. The molecule has 0 bridgehead atoms. The number of amides is 2. The molecule has 0 aliphatic carbocycles. The van der Waals surface area contributed by atoms with Gasteiger partial charge in [-0.1, -0.05) is 30.3 Å². The van der Waals surface area contributed by atoms with E-state index in [1.807, 2.05) is 54.6 Å². The third kappa shape index (κ3) is 4.92. The van der Waals surface area contributed by atoms with E-state index in [0.29, 0.717) is 43.4 Å². The van der Waals surface area contributed by atoms with Crippen molar-refractivity contribution in [3.8, 4) is 11.5 Å². The van der Waals surface area contributed by atoms with Gasteiger partial charge in [0.2, 0.25) is 0 Å². The van der Waals surface area contributed by atoms with Gasteiger partial charge >= 0.3 is 6.03 Å². The molecule has 0 radical (unpaired) electrons. The topological polar surface area (TPSA) is 88.0 Å². The molecule has 1 fully saturated rings. The molecule has 2 amide bonds. The van der Waals surface area contributed by atoms with Crippen LogP contribution >= 0.6 is 0 Å². The minimum absolute atomic E-state index is 0.0677. The van der Waals surface area contributed by atoms with Gasteiger partial charge in [0.05, 0.1) is 10.6 Å². The highest BCUT2D eigenvalue weighted by atomic mass is 16.6. The fourth-order valence-corrected chi connectivity index (χ4v) is 3.42. The highest BCUT2D eigenvalue weighted by Gasteiger charge is 2.22. The Kier molecular flexibility index (Phi) is 5.98. The number of hydrogen-bond acceptors (Lipinski definition) is 5. The first-order chi connectivity index (χ1) is 15.1. The fourth-order valence-electron chi connectivity index (χ4n) is 3.42. The Morgan fingerprint density at radius 1 is 0.871 bits per heavy atom. The van der Waals surface area contributed by atoms with Crippen molar-refractivity contribution in [3.05, 3.63) is 89.0 Å². The van der Waals surface area contributed by atoms with Crippen molar-refractivity contribution in [2.75, 3.05) is 36.4 Å². The number of carbonyl (C=O) groups is 1. The largest absolute Gasteiger partial charge is 0.455 e.